The maximum Gasteiger partial charge on any atom is 0.272 e. The number of aryl methyl sites for hydroxylation is 1. The Bertz CT molecular complexity index is 1260. The van der Waals surface area contributed by atoms with Crippen molar-refractivity contribution in [1.29, 1.82) is 0 Å². The number of thiophene rings is 1. The summed E-state index contributed by atoms with van der Waals surface area (Å²) in [6, 6.07) is 9.57. The summed E-state index contributed by atoms with van der Waals surface area (Å²) in [7, 11) is 1.78. The van der Waals surface area contributed by atoms with Gasteiger partial charge in [0.2, 0.25) is 0 Å². The van der Waals surface area contributed by atoms with Crippen LogP contribution in [0.3, 0.4) is 0 Å². The molecular weight excluding hydrogens is 412 g/mol. The number of pyridine rings is 1. The number of rotatable bonds is 5. The maximum atomic E-state index is 12.7. The largest absolute Gasteiger partial charge is 0.347 e. The molecule has 0 aliphatic carbocycles. The molecule has 1 unspecified atom stereocenters. The van der Waals surface area contributed by atoms with E-state index >= 15 is 0 Å². The second-order valence-corrected chi connectivity index (χ2v) is 8.80. The van der Waals surface area contributed by atoms with Crippen LogP contribution in [0.25, 0.3) is 5.65 Å². The third-order valence-corrected chi connectivity index (χ3v) is 6.93. The minimum atomic E-state index is -0.0831. The van der Waals surface area contributed by atoms with Crippen LogP contribution in [-0.4, -0.2) is 49.0 Å². The summed E-state index contributed by atoms with van der Waals surface area (Å²) < 4.78 is 3.54. The molecule has 0 saturated carbocycles. The molecule has 5 rings (SSSR count). The van der Waals surface area contributed by atoms with E-state index in [9.17, 15) is 9.59 Å². The molecule has 8 nitrogen and oxygen atoms in total. The summed E-state index contributed by atoms with van der Waals surface area (Å²) in [5, 5.41) is 7.07. The number of aromatic nitrogens is 4. The Labute approximate surface area is 183 Å². The van der Waals surface area contributed by atoms with E-state index in [1.165, 1.54) is 11.3 Å². The second kappa shape index (κ2) is 7.99. The first-order valence-electron chi connectivity index (χ1n) is 10.2. The molecule has 1 N–H and O–H groups in total. The Hall–Kier alpha value is -3.46. The fourth-order valence-corrected chi connectivity index (χ4v) is 5.00. The lowest BCUT2D eigenvalue weighted by Crippen LogP contribution is -2.30. The first-order chi connectivity index (χ1) is 15.1. The molecule has 158 valence electrons. The zero-order valence-electron chi connectivity index (χ0n) is 17.1. The van der Waals surface area contributed by atoms with Crippen LogP contribution in [0.15, 0.2) is 55.1 Å². The molecule has 4 aromatic rings. The molecule has 31 heavy (non-hydrogen) atoms. The number of likely N-dealkylation sites (tertiary alicyclic amines) is 1. The molecular formula is C22H22N6O2S. The maximum absolute atomic E-state index is 12.7. The smallest absolute Gasteiger partial charge is 0.272 e. The summed E-state index contributed by atoms with van der Waals surface area (Å²) in [6.45, 7) is 1.83. The molecule has 0 aromatic carbocycles. The number of hydrogen-bond donors (Lipinski definition) is 1. The van der Waals surface area contributed by atoms with Gasteiger partial charge < -0.3 is 14.6 Å². The van der Waals surface area contributed by atoms with Crippen LogP contribution in [0.5, 0.6) is 0 Å². The normalized spacial score (nSPS) is 16.2. The van der Waals surface area contributed by atoms with Gasteiger partial charge in [0, 0.05) is 62.3 Å². The molecule has 1 atom stereocenters. The van der Waals surface area contributed by atoms with Crippen LogP contribution in [0.1, 0.15) is 42.9 Å². The van der Waals surface area contributed by atoms with Crippen molar-refractivity contribution in [2.24, 2.45) is 7.05 Å². The van der Waals surface area contributed by atoms with E-state index < -0.39 is 0 Å². The summed E-state index contributed by atoms with van der Waals surface area (Å²) in [5.41, 5.74) is 2.46. The molecule has 0 bridgehead atoms. The number of carbonyl (C=O) groups excluding carboxylic acids is 2. The van der Waals surface area contributed by atoms with Crippen molar-refractivity contribution in [3.8, 4) is 0 Å². The van der Waals surface area contributed by atoms with Gasteiger partial charge in [0.1, 0.15) is 11.3 Å². The van der Waals surface area contributed by atoms with Crippen molar-refractivity contribution >= 4 is 28.8 Å². The van der Waals surface area contributed by atoms with Crippen LogP contribution in [-0.2, 0) is 13.6 Å². The molecule has 0 spiro atoms. The average Bonchev–Trinajstić information content (AvgIpc) is 3.57. The van der Waals surface area contributed by atoms with Crippen LogP contribution in [0.2, 0.25) is 0 Å². The van der Waals surface area contributed by atoms with Crippen LogP contribution in [0, 0.1) is 0 Å². The fraction of sp³-hybridized carbons (Fsp3) is 0.273. The highest BCUT2D eigenvalue weighted by molar-refractivity contribution is 7.14. The summed E-state index contributed by atoms with van der Waals surface area (Å²) >= 11 is 1.51. The van der Waals surface area contributed by atoms with E-state index in [0.717, 1.165) is 22.5 Å². The van der Waals surface area contributed by atoms with E-state index in [1.54, 1.807) is 30.2 Å². The van der Waals surface area contributed by atoms with Crippen molar-refractivity contribution in [2.45, 2.75) is 18.9 Å². The molecule has 4 aromatic heterocycles. The standard InChI is InChI=1S/C22H22N6O2S/c1-26-17(4-7-25-26)22(30)28-10-6-16(14-28)18-2-3-19(31-18)21(29)24-13-15-5-9-27-11-8-23-20(27)12-15/h2-5,7-9,11-12,16H,6,10,13-14H2,1H3,(H,24,29). The van der Waals surface area contributed by atoms with Gasteiger partial charge in [-0.15, -0.1) is 11.3 Å². The number of imidazole rings is 1. The lowest BCUT2D eigenvalue weighted by atomic mass is 10.1. The summed E-state index contributed by atoms with van der Waals surface area (Å²) in [5.74, 6) is 0.179. The summed E-state index contributed by atoms with van der Waals surface area (Å²) in [6.07, 6.45) is 8.11. The second-order valence-electron chi connectivity index (χ2n) is 7.69. The molecule has 1 aliphatic rings. The van der Waals surface area contributed by atoms with Crippen LogP contribution in [0.4, 0.5) is 0 Å². The molecule has 5 heterocycles. The van der Waals surface area contributed by atoms with E-state index in [2.05, 4.69) is 15.4 Å². The van der Waals surface area contributed by atoms with Crippen LogP contribution >= 0.6 is 11.3 Å². The number of carbonyl (C=O) groups is 2. The van der Waals surface area contributed by atoms with Crippen molar-refractivity contribution in [3.63, 3.8) is 0 Å². The quantitative estimate of drug-likeness (QED) is 0.523. The predicted molar refractivity (Wildman–Crippen MR) is 117 cm³/mol. The van der Waals surface area contributed by atoms with Crippen molar-refractivity contribution < 1.29 is 9.59 Å². The minimum absolute atomic E-state index is 0.00599. The lowest BCUT2D eigenvalue weighted by molar-refractivity contribution is 0.0779. The SMILES string of the molecule is Cn1nccc1C(=O)N1CCC(c2ccc(C(=O)NCc3ccn4ccnc4c3)s2)C1. The minimum Gasteiger partial charge on any atom is -0.347 e. The Kier molecular flexibility index (Phi) is 5.03. The number of nitrogens with one attached hydrogen (secondary N) is 1. The molecule has 2 amide bonds. The van der Waals surface area contributed by atoms with Gasteiger partial charge in [-0.25, -0.2) is 4.98 Å². The van der Waals surface area contributed by atoms with Gasteiger partial charge in [0.25, 0.3) is 11.8 Å². The highest BCUT2D eigenvalue weighted by Gasteiger charge is 2.30. The zero-order valence-corrected chi connectivity index (χ0v) is 17.9. The number of hydrogen-bond acceptors (Lipinski definition) is 5. The zero-order chi connectivity index (χ0) is 21.4. The number of nitrogens with zero attached hydrogens (tertiary/aromatic N) is 5. The third kappa shape index (κ3) is 3.84. The lowest BCUT2D eigenvalue weighted by Gasteiger charge is -2.16. The first kappa shape index (κ1) is 19.5. The van der Waals surface area contributed by atoms with Gasteiger partial charge in [-0.3, -0.25) is 14.3 Å². The van der Waals surface area contributed by atoms with Crippen molar-refractivity contribution in [1.82, 2.24) is 29.4 Å². The first-order valence-corrected chi connectivity index (χ1v) is 11.0. The van der Waals surface area contributed by atoms with Gasteiger partial charge in [-0.1, -0.05) is 0 Å². The van der Waals surface area contributed by atoms with E-state index in [1.807, 2.05) is 46.0 Å². The van der Waals surface area contributed by atoms with E-state index in [4.69, 9.17) is 0 Å². The molecule has 1 fully saturated rings. The van der Waals surface area contributed by atoms with Gasteiger partial charge >= 0.3 is 0 Å². The number of fused-ring (bicyclic) bond motifs is 1. The topological polar surface area (TPSA) is 84.5 Å². The molecule has 1 aliphatic heterocycles. The van der Waals surface area contributed by atoms with Crippen molar-refractivity contribution in [3.05, 3.63) is 76.1 Å². The molecule has 9 heteroatoms. The third-order valence-electron chi connectivity index (χ3n) is 5.68. The molecule has 1 saturated heterocycles. The van der Waals surface area contributed by atoms with Crippen LogP contribution < -0.4 is 5.32 Å². The highest BCUT2D eigenvalue weighted by atomic mass is 32.1. The Morgan fingerprint density at radius 1 is 1.19 bits per heavy atom. The van der Waals surface area contributed by atoms with E-state index in [-0.39, 0.29) is 17.7 Å². The fourth-order valence-electron chi connectivity index (χ4n) is 3.95. The molecule has 0 radical (unpaired) electrons. The van der Waals surface area contributed by atoms with Crippen molar-refractivity contribution in [2.75, 3.05) is 13.1 Å². The van der Waals surface area contributed by atoms with Gasteiger partial charge in [0.05, 0.1) is 4.88 Å². The Balaban J connectivity index is 1.20. The monoisotopic (exact) mass is 434 g/mol. The summed E-state index contributed by atoms with van der Waals surface area (Å²) in [4.78, 5) is 33.3. The number of amides is 2. The Morgan fingerprint density at radius 3 is 2.94 bits per heavy atom. The van der Waals surface area contributed by atoms with Gasteiger partial charge in [-0.05, 0) is 42.3 Å². The average molecular weight is 435 g/mol. The predicted octanol–water partition coefficient (Wildman–Crippen LogP) is 2.69. The van der Waals surface area contributed by atoms with Gasteiger partial charge in [0.15, 0.2) is 0 Å². The van der Waals surface area contributed by atoms with Gasteiger partial charge in [-0.2, -0.15) is 5.10 Å². The Morgan fingerprint density at radius 2 is 2.10 bits per heavy atom. The highest BCUT2D eigenvalue weighted by Crippen LogP contribution is 2.33. The van der Waals surface area contributed by atoms with E-state index in [0.29, 0.717) is 30.2 Å².